The summed E-state index contributed by atoms with van der Waals surface area (Å²) in [7, 11) is 1.57. The third-order valence-electron chi connectivity index (χ3n) is 4.98. The maximum atomic E-state index is 12.1. The van der Waals surface area contributed by atoms with E-state index in [-0.39, 0.29) is 24.7 Å². The highest BCUT2D eigenvalue weighted by Gasteiger charge is 2.13. The smallest absolute Gasteiger partial charge is 0.240 e. The van der Waals surface area contributed by atoms with E-state index >= 15 is 0 Å². The Labute approximate surface area is 232 Å². The van der Waals surface area contributed by atoms with Crippen LogP contribution in [0.2, 0.25) is 0 Å². The van der Waals surface area contributed by atoms with Gasteiger partial charge in [-0.2, -0.15) is 5.10 Å². The number of nitrogens with one attached hydrogen (secondary N) is 2. The predicted octanol–water partition coefficient (Wildman–Crippen LogP) is 6.07. The van der Waals surface area contributed by atoms with E-state index in [0.29, 0.717) is 46.2 Å². The van der Waals surface area contributed by atoms with Crippen molar-refractivity contribution in [2.24, 2.45) is 5.10 Å². The summed E-state index contributed by atoms with van der Waals surface area (Å²) in [6.45, 7) is 2.72. The van der Waals surface area contributed by atoms with Crippen molar-refractivity contribution in [2.45, 2.75) is 26.4 Å². The minimum absolute atomic E-state index is 0.00392. The van der Waals surface area contributed by atoms with Crippen LogP contribution in [-0.2, 0) is 16.2 Å². The van der Waals surface area contributed by atoms with Crippen LogP contribution >= 0.6 is 31.9 Å². The SMILES string of the molecule is CCOc1cc(C=NNC(=O)CCC(=O)Nc2ccc(OC)cc2)cc(Br)c1OCc1ccc(Br)cc1. The number of benzene rings is 3. The van der Waals surface area contributed by atoms with Gasteiger partial charge in [-0.1, -0.05) is 28.1 Å². The van der Waals surface area contributed by atoms with Crippen LogP contribution in [0.5, 0.6) is 17.2 Å². The fraction of sp³-hybridized carbons (Fsp3) is 0.222. The number of ether oxygens (including phenoxy) is 3. The highest BCUT2D eigenvalue weighted by atomic mass is 79.9. The topological polar surface area (TPSA) is 98.2 Å². The quantitative estimate of drug-likeness (QED) is 0.187. The number of anilines is 1. The molecule has 3 aromatic carbocycles. The molecule has 0 unspecified atom stereocenters. The fourth-order valence-corrected chi connectivity index (χ4v) is 4.00. The van der Waals surface area contributed by atoms with Gasteiger partial charge in [0, 0.05) is 23.0 Å². The van der Waals surface area contributed by atoms with Gasteiger partial charge in [0.15, 0.2) is 11.5 Å². The zero-order chi connectivity index (χ0) is 26.6. The molecule has 0 heterocycles. The van der Waals surface area contributed by atoms with Gasteiger partial charge in [0.05, 0.1) is 24.4 Å². The number of halogens is 2. The second-order valence-corrected chi connectivity index (χ2v) is 9.52. The Morgan fingerprint density at radius 2 is 1.65 bits per heavy atom. The molecule has 0 atom stereocenters. The number of nitrogens with zero attached hydrogens (tertiary/aromatic N) is 1. The number of hydrogen-bond acceptors (Lipinski definition) is 6. The van der Waals surface area contributed by atoms with Crippen molar-refractivity contribution < 1.29 is 23.8 Å². The van der Waals surface area contributed by atoms with Crippen LogP contribution in [0.25, 0.3) is 0 Å². The lowest BCUT2D eigenvalue weighted by atomic mass is 10.2. The van der Waals surface area contributed by atoms with E-state index in [1.165, 1.54) is 6.21 Å². The highest BCUT2D eigenvalue weighted by molar-refractivity contribution is 9.10. The van der Waals surface area contributed by atoms with E-state index in [9.17, 15) is 9.59 Å². The molecule has 0 aliphatic carbocycles. The van der Waals surface area contributed by atoms with Crippen LogP contribution in [-0.4, -0.2) is 31.7 Å². The summed E-state index contributed by atoms with van der Waals surface area (Å²) in [6, 6.07) is 18.4. The molecule has 37 heavy (non-hydrogen) atoms. The van der Waals surface area contributed by atoms with Crippen molar-refractivity contribution in [3.63, 3.8) is 0 Å². The standard InChI is InChI=1S/C27H27Br2N3O5/c1-3-36-24-15-19(14-23(29)27(24)37-17-18-4-6-20(28)7-5-18)16-30-32-26(34)13-12-25(33)31-21-8-10-22(35-2)11-9-21/h4-11,14-16H,3,12-13,17H2,1-2H3,(H,31,33)(H,32,34). The molecule has 2 amide bonds. The fourth-order valence-electron chi connectivity index (χ4n) is 3.16. The molecule has 3 rings (SSSR count). The van der Waals surface area contributed by atoms with E-state index in [1.807, 2.05) is 37.3 Å². The summed E-state index contributed by atoms with van der Waals surface area (Å²) in [5.74, 6) is 1.18. The summed E-state index contributed by atoms with van der Waals surface area (Å²) in [5.41, 5.74) is 4.79. The van der Waals surface area contributed by atoms with Crippen LogP contribution in [0, 0.1) is 0 Å². The molecule has 10 heteroatoms. The lowest BCUT2D eigenvalue weighted by Crippen LogP contribution is -2.20. The third-order valence-corrected chi connectivity index (χ3v) is 6.10. The van der Waals surface area contributed by atoms with Gasteiger partial charge in [-0.15, -0.1) is 0 Å². The van der Waals surface area contributed by atoms with Crippen molar-refractivity contribution in [1.82, 2.24) is 5.43 Å². The molecule has 0 aromatic heterocycles. The second-order valence-electron chi connectivity index (χ2n) is 7.75. The third kappa shape index (κ3) is 9.22. The predicted molar refractivity (Wildman–Crippen MR) is 150 cm³/mol. The molecule has 0 aliphatic heterocycles. The summed E-state index contributed by atoms with van der Waals surface area (Å²) >= 11 is 6.96. The first-order chi connectivity index (χ1) is 17.9. The lowest BCUT2D eigenvalue weighted by molar-refractivity contribution is -0.124. The van der Waals surface area contributed by atoms with E-state index in [4.69, 9.17) is 14.2 Å². The van der Waals surface area contributed by atoms with Crippen molar-refractivity contribution >= 4 is 55.6 Å². The first-order valence-electron chi connectivity index (χ1n) is 11.5. The maximum Gasteiger partial charge on any atom is 0.240 e. The largest absolute Gasteiger partial charge is 0.497 e. The van der Waals surface area contributed by atoms with Crippen LogP contribution in [0.3, 0.4) is 0 Å². The molecule has 194 valence electrons. The Morgan fingerprint density at radius 1 is 0.946 bits per heavy atom. The summed E-state index contributed by atoms with van der Waals surface area (Å²) in [6.07, 6.45) is 1.52. The highest BCUT2D eigenvalue weighted by Crippen LogP contribution is 2.37. The zero-order valence-electron chi connectivity index (χ0n) is 20.4. The van der Waals surface area contributed by atoms with E-state index in [0.717, 1.165) is 10.0 Å². The molecule has 8 nitrogen and oxygen atoms in total. The number of carbonyl (C=O) groups excluding carboxylic acids is 2. The number of carbonyl (C=O) groups is 2. The van der Waals surface area contributed by atoms with Crippen LogP contribution < -0.4 is 25.0 Å². The molecule has 0 saturated carbocycles. The van der Waals surface area contributed by atoms with E-state index < -0.39 is 0 Å². The molecule has 0 saturated heterocycles. The number of amides is 2. The normalized spacial score (nSPS) is 10.7. The van der Waals surface area contributed by atoms with Crippen molar-refractivity contribution in [3.8, 4) is 17.2 Å². The average Bonchev–Trinajstić information content (AvgIpc) is 2.89. The molecular weight excluding hydrogens is 606 g/mol. The van der Waals surface area contributed by atoms with Crippen molar-refractivity contribution in [3.05, 3.63) is 80.7 Å². The van der Waals surface area contributed by atoms with Gasteiger partial charge >= 0.3 is 0 Å². The van der Waals surface area contributed by atoms with Crippen LogP contribution in [0.15, 0.2) is 74.7 Å². The monoisotopic (exact) mass is 631 g/mol. The second kappa shape index (κ2) is 14.4. The number of hydrogen-bond donors (Lipinski definition) is 2. The maximum absolute atomic E-state index is 12.1. The first-order valence-corrected chi connectivity index (χ1v) is 13.1. The van der Waals surface area contributed by atoms with Gasteiger partial charge in [-0.25, -0.2) is 5.43 Å². The molecule has 0 bridgehead atoms. The molecular formula is C27H27Br2N3O5. The summed E-state index contributed by atoms with van der Waals surface area (Å²) < 4.78 is 18.5. The van der Waals surface area contributed by atoms with Gasteiger partial charge in [0.1, 0.15) is 12.4 Å². The number of methoxy groups -OCH3 is 1. The van der Waals surface area contributed by atoms with Crippen molar-refractivity contribution in [1.29, 1.82) is 0 Å². The average molecular weight is 633 g/mol. The van der Waals surface area contributed by atoms with Crippen LogP contribution in [0.4, 0.5) is 5.69 Å². The van der Waals surface area contributed by atoms with Gasteiger partial charge in [-0.05, 0) is 82.5 Å². The Morgan fingerprint density at radius 3 is 2.32 bits per heavy atom. The van der Waals surface area contributed by atoms with Crippen molar-refractivity contribution in [2.75, 3.05) is 19.0 Å². The Hall–Kier alpha value is -3.37. The Bertz CT molecular complexity index is 1230. The lowest BCUT2D eigenvalue weighted by Gasteiger charge is -2.14. The molecule has 0 radical (unpaired) electrons. The Kier molecular flexibility index (Phi) is 11.0. The van der Waals surface area contributed by atoms with Gasteiger partial charge in [0.2, 0.25) is 11.8 Å². The molecule has 2 N–H and O–H groups in total. The molecule has 0 fully saturated rings. The number of hydrazone groups is 1. The molecule has 0 spiro atoms. The van der Waals surface area contributed by atoms with Crippen LogP contribution in [0.1, 0.15) is 30.9 Å². The Balaban J connectivity index is 1.52. The van der Waals surface area contributed by atoms with E-state index in [1.54, 1.807) is 37.4 Å². The number of rotatable bonds is 12. The molecule has 3 aromatic rings. The minimum atomic E-state index is -0.375. The van der Waals surface area contributed by atoms with Gasteiger partial charge in [0.25, 0.3) is 0 Å². The minimum Gasteiger partial charge on any atom is -0.497 e. The molecule has 0 aliphatic rings. The zero-order valence-corrected chi connectivity index (χ0v) is 23.6. The summed E-state index contributed by atoms with van der Waals surface area (Å²) in [5, 5.41) is 6.74. The first kappa shape index (κ1) is 28.2. The van der Waals surface area contributed by atoms with Gasteiger partial charge in [-0.3, -0.25) is 9.59 Å². The van der Waals surface area contributed by atoms with E-state index in [2.05, 4.69) is 47.7 Å². The summed E-state index contributed by atoms with van der Waals surface area (Å²) in [4.78, 5) is 24.2. The van der Waals surface area contributed by atoms with Gasteiger partial charge < -0.3 is 19.5 Å².